The molecule has 1 atom stereocenters. The normalized spacial score (nSPS) is 13.6. The molecule has 2 N–H and O–H groups in total. The molecule has 0 heterocycles. The zero-order valence-electron chi connectivity index (χ0n) is 10.7. The number of benzene rings is 1. The minimum Gasteiger partial charge on any atom is -0.323 e. The Hall–Kier alpha value is -0.870. The Kier molecular flexibility index (Phi) is 4.71. The first-order valence-corrected chi connectivity index (χ1v) is 7.98. The molecule has 1 aromatic carbocycles. The maximum Gasteiger partial charge on any atom is 0.149 e. The number of sulfone groups is 1. The van der Waals surface area contributed by atoms with Gasteiger partial charge in [-0.3, -0.25) is 0 Å². The fourth-order valence-corrected chi connectivity index (χ4v) is 2.78. The summed E-state index contributed by atoms with van der Waals surface area (Å²) in [4.78, 5) is 0. The van der Waals surface area contributed by atoms with Gasteiger partial charge in [-0.15, -0.1) is 0 Å². The molecule has 0 aliphatic heterocycles. The first-order chi connectivity index (χ1) is 7.87. The monoisotopic (exact) mass is 255 g/mol. The summed E-state index contributed by atoms with van der Waals surface area (Å²) < 4.78 is 22.6. The van der Waals surface area contributed by atoms with Gasteiger partial charge < -0.3 is 5.73 Å². The Bertz CT molecular complexity index is 480. The second kappa shape index (κ2) is 5.65. The third-order valence-corrected chi connectivity index (χ3v) is 3.85. The van der Waals surface area contributed by atoms with Gasteiger partial charge in [-0.2, -0.15) is 0 Å². The highest BCUT2D eigenvalue weighted by molar-refractivity contribution is 7.90. The molecular weight excluding hydrogens is 234 g/mol. The zero-order chi connectivity index (χ0) is 13.1. The molecule has 4 heteroatoms. The predicted octanol–water partition coefficient (Wildman–Crippen LogP) is 1.86. The van der Waals surface area contributed by atoms with Gasteiger partial charge in [0.1, 0.15) is 9.84 Å². The van der Waals surface area contributed by atoms with Gasteiger partial charge >= 0.3 is 0 Å². The molecule has 0 amide bonds. The molecule has 0 saturated heterocycles. The van der Waals surface area contributed by atoms with Crippen LogP contribution in [0.25, 0.3) is 0 Å². The van der Waals surface area contributed by atoms with Crippen LogP contribution >= 0.6 is 0 Å². The zero-order valence-corrected chi connectivity index (χ0v) is 11.5. The average molecular weight is 255 g/mol. The molecule has 1 rings (SSSR count). The van der Waals surface area contributed by atoms with Crippen LogP contribution in [0, 0.1) is 0 Å². The molecule has 0 aliphatic carbocycles. The first-order valence-electron chi connectivity index (χ1n) is 5.92. The molecule has 3 nitrogen and oxygen atoms in total. The summed E-state index contributed by atoms with van der Waals surface area (Å²) in [6, 6.07) is 5.74. The van der Waals surface area contributed by atoms with E-state index in [0.29, 0.717) is 0 Å². The average Bonchev–Trinajstić information content (AvgIpc) is 2.25. The lowest BCUT2D eigenvalue weighted by Crippen LogP contribution is -2.22. The molecule has 0 bridgehead atoms. The second-order valence-electron chi connectivity index (χ2n) is 4.44. The van der Waals surface area contributed by atoms with Crippen molar-refractivity contribution in [2.75, 3.05) is 12.0 Å². The van der Waals surface area contributed by atoms with Gasteiger partial charge in [0.05, 0.1) is 5.75 Å². The van der Waals surface area contributed by atoms with Crippen molar-refractivity contribution in [2.45, 2.75) is 32.7 Å². The Morgan fingerprint density at radius 3 is 2.35 bits per heavy atom. The van der Waals surface area contributed by atoms with E-state index in [0.717, 1.165) is 24.0 Å². The van der Waals surface area contributed by atoms with Crippen LogP contribution in [-0.2, 0) is 22.7 Å². The SMILES string of the molecule is CCc1ccc(CC)c(C(N)CS(C)(=O)=O)c1. The van der Waals surface area contributed by atoms with Gasteiger partial charge in [0, 0.05) is 12.3 Å². The maximum absolute atomic E-state index is 11.3. The molecule has 0 saturated carbocycles. The minimum atomic E-state index is -3.04. The highest BCUT2D eigenvalue weighted by Gasteiger charge is 2.16. The first kappa shape index (κ1) is 14.2. The smallest absolute Gasteiger partial charge is 0.149 e. The standard InChI is InChI=1S/C13H21NO2S/c1-4-10-6-7-11(5-2)12(8-10)13(14)9-17(3,15)16/h6-8,13H,4-5,9,14H2,1-3H3. The molecule has 1 aromatic rings. The summed E-state index contributed by atoms with van der Waals surface area (Å²) in [5.41, 5.74) is 9.30. The molecule has 0 spiro atoms. The van der Waals surface area contributed by atoms with Crippen LogP contribution in [0.15, 0.2) is 18.2 Å². The van der Waals surface area contributed by atoms with E-state index in [9.17, 15) is 8.42 Å². The van der Waals surface area contributed by atoms with E-state index in [4.69, 9.17) is 5.73 Å². The van der Waals surface area contributed by atoms with E-state index < -0.39 is 15.9 Å². The van der Waals surface area contributed by atoms with Crippen LogP contribution in [0.2, 0.25) is 0 Å². The van der Waals surface area contributed by atoms with E-state index in [2.05, 4.69) is 26.0 Å². The summed E-state index contributed by atoms with van der Waals surface area (Å²) in [6.07, 6.45) is 3.03. The van der Waals surface area contributed by atoms with Gasteiger partial charge in [-0.1, -0.05) is 32.0 Å². The van der Waals surface area contributed by atoms with Crippen molar-refractivity contribution < 1.29 is 8.42 Å². The Morgan fingerprint density at radius 2 is 1.88 bits per heavy atom. The number of hydrogen-bond acceptors (Lipinski definition) is 3. The number of hydrogen-bond donors (Lipinski definition) is 1. The van der Waals surface area contributed by atoms with Crippen LogP contribution in [0.4, 0.5) is 0 Å². The second-order valence-corrected chi connectivity index (χ2v) is 6.62. The van der Waals surface area contributed by atoms with Crippen LogP contribution in [0.5, 0.6) is 0 Å². The van der Waals surface area contributed by atoms with Crippen LogP contribution in [0.3, 0.4) is 0 Å². The molecule has 0 radical (unpaired) electrons. The highest BCUT2D eigenvalue weighted by atomic mass is 32.2. The lowest BCUT2D eigenvalue weighted by Gasteiger charge is -2.16. The summed E-state index contributed by atoms with van der Waals surface area (Å²) in [5.74, 6) is 0.00711. The lowest BCUT2D eigenvalue weighted by atomic mass is 9.96. The molecule has 0 fully saturated rings. The highest BCUT2D eigenvalue weighted by Crippen LogP contribution is 2.20. The summed E-state index contributed by atoms with van der Waals surface area (Å²) in [6.45, 7) is 4.13. The lowest BCUT2D eigenvalue weighted by molar-refractivity contribution is 0.594. The van der Waals surface area contributed by atoms with Crippen molar-refractivity contribution in [3.63, 3.8) is 0 Å². The van der Waals surface area contributed by atoms with Crippen LogP contribution in [-0.4, -0.2) is 20.4 Å². The molecule has 0 aliphatic rings. The van der Waals surface area contributed by atoms with Crippen LogP contribution in [0.1, 0.15) is 36.6 Å². The van der Waals surface area contributed by atoms with Gasteiger partial charge in [0.25, 0.3) is 0 Å². The summed E-state index contributed by atoms with van der Waals surface area (Å²) in [7, 11) is -3.04. The van der Waals surface area contributed by atoms with Crippen molar-refractivity contribution in [1.29, 1.82) is 0 Å². The van der Waals surface area contributed by atoms with Crippen LogP contribution < -0.4 is 5.73 Å². The largest absolute Gasteiger partial charge is 0.323 e. The van der Waals surface area contributed by atoms with Crippen molar-refractivity contribution in [1.82, 2.24) is 0 Å². The van der Waals surface area contributed by atoms with E-state index in [1.165, 1.54) is 11.8 Å². The van der Waals surface area contributed by atoms with Crippen molar-refractivity contribution in [2.24, 2.45) is 5.73 Å². The topological polar surface area (TPSA) is 60.2 Å². The van der Waals surface area contributed by atoms with E-state index in [1.807, 2.05) is 6.07 Å². The van der Waals surface area contributed by atoms with E-state index in [-0.39, 0.29) is 5.75 Å². The van der Waals surface area contributed by atoms with E-state index >= 15 is 0 Å². The Morgan fingerprint density at radius 1 is 1.24 bits per heavy atom. The van der Waals surface area contributed by atoms with Crippen molar-refractivity contribution in [3.05, 3.63) is 34.9 Å². The molecule has 96 valence electrons. The number of aryl methyl sites for hydroxylation is 2. The van der Waals surface area contributed by atoms with Gasteiger partial charge in [-0.25, -0.2) is 8.42 Å². The summed E-state index contributed by atoms with van der Waals surface area (Å²) in [5, 5.41) is 0. The fourth-order valence-electron chi connectivity index (χ4n) is 1.95. The number of nitrogens with two attached hydrogens (primary N) is 1. The Labute approximate surface area is 104 Å². The predicted molar refractivity (Wildman–Crippen MR) is 71.8 cm³/mol. The third kappa shape index (κ3) is 4.13. The molecule has 17 heavy (non-hydrogen) atoms. The third-order valence-electron chi connectivity index (χ3n) is 2.88. The maximum atomic E-state index is 11.3. The van der Waals surface area contributed by atoms with E-state index in [1.54, 1.807) is 0 Å². The van der Waals surface area contributed by atoms with Crippen molar-refractivity contribution in [3.8, 4) is 0 Å². The van der Waals surface area contributed by atoms with Gasteiger partial charge in [-0.05, 0) is 29.5 Å². The number of rotatable bonds is 5. The minimum absolute atomic E-state index is 0.00711. The Balaban J connectivity index is 3.09. The molecule has 0 aromatic heterocycles. The molecular formula is C13H21NO2S. The quantitative estimate of drug-likeness (QED) is 0.873. The fraction of sp³-hybridized carbons (Fsp3) is 0.538. The molecule has 1 unspecified atom stereocenters. The summed E-state index contributed by atoms with van der Waals surface area (Å²) >= 11 is 0. The van der Waals surface area contributed by atoms with Gasteiger partial charge in [0.2, 0.25) is 0 Å². The van der Waals surface area contributed by atoms with Crippen molar-refractivity contribution >= 4 is 9.84 Å². The van der Waals surface area contributed by atoms with Gasteiger partial charge in [0.15, 0.2) is 0 Å².